The molecule has 0 spiro atoms. The number of hydrogen-bond acceptors (Lipinski definition) is 4. The number of benzene rings is 1. The molecule has 0 radical (unpaired) electrons. The lowest BCUT2D eigenvalue weighted by Gasteiger charge is -2.33. The largest absolute Gasteiger partial charge is 0.459 e. The first-order valence-electron chi connectivity index (χ1n) is 10.7. The van der Waals surface area contributed by atoms with Gasteiger partial charge in [0.05, 0.1) is 12.0 Å². The number of para-hydroxylation sites is 1. The molecule has 1 fully saturated rings. The molecule has 160 valence electrons. The number of carbonyl (C=O) groups is 2. The third-order valence-electron chi connectivity index (χ3n) is 5.84. The van der Waals surface area contributed by atoms with Crippen LogP contribution in [-0.4, -0.2) is 22.8 Å². The van der Waals surface area contributed by atoms with Gasteiger partial charge in [0, 0.05) is 24.0 Å². The second-order valence-corrected chi connectivity index (χ2v) is 8.07. The number of nitrogens with zero attached hydrogens (tertiary/aromatic N) is 2. The summed E-state index contributed by atoms with van der Waals surface area (Å²) in [5.41, 5.74) is 3.17. The van der Waals surface area contributed by atoms with Gasteiger partial charge in [0.25, 0.3) is 5.91 Å². The van der Waals surface area contributed by atoms with E-state index in [9.17, 15) is 9.59 Å². The van der Waals surface area contributed by atoms with Crippen molar-refractivity contribution in [2.24, 2.45) is 0 Å². The van der Waals surface area contributed by atoms with Gasteiger partial charge in [-0.3, -0.25) is 19.5 Å². The molecule has 2 heterocycles. The number of amides is 2. The van der Waals surface area contributed by atoms with Crippen molar-refractivity contribution in [3.05, 3.63) is 83.6 Å². The van der Waals surface area contributed by atoms with Crippen molar-refractivity contribution in [1.29, 1.82) is 0 Å². The van der Waals surface area contributed by atoms with Gasteiger partial charge in [0.1, 0.15) is 6.04 Å². The van der Waals surface area contributed by atoms with E-state index in [1.807, 2.05) is 38.1 Å². The third-order valence-corrected chi connectivity index (χ3v) is 5.84. The number of furan rings is 1. The van der Waals surface area contributed by atoms with E-state index in [0.29, 0.717) is 11.3 Å². The highest BCUT2D eigenvalue weighted by atomic mass is 16.3. The van der Waals surface area contributed by atoms with Crippen molar-refractivity contribution >= 4 is 17.5 Å². The van der Waals surface area contributed by atoms with Crippen molar-refractivity contribution in [1.82, 2.24) is 10.3 Å². The highest BCUT2D eigenvalue weighted by Crippen LogP contribution is 2.34. The van der Waals surface area contributed by atoms with Crippen LogP contribution >= 0.6 is 0 Å². The lowest BCUT2D eigenvalue weighted by Crippen LogP contribution is -2.46. The monoisotopic (exact) mass is 417 g/mol. The molecule has 1 N–H and O–H groups in total. The maximum absolute atomic E-state index is 13.7. The van der Waals surface area contributed by atoms with E-state index in [1.54, 1.807) is 35.5 Å². The van der Waals surface area contributed by atoms with Gasteiger partial charge in [-0.1, -0.05) is 37.1 Å². The Balaban J connectivity index is 1.85. The fourth-order valence-electron chi connectivity index (χ4n) is 4.36. The summed E-state index contributed by atoms with van der Waals surface area (Å²) in [6, 6.07) is 12.0. The molecule has 3 aromatic rings. The van der Waals surface area contributed by atoms with E-state index in [0.717, 1.165) is 36.8 Å². The van der Waals surface area contributed by atoms with Crippen molar-refractivity contribution in [2.75, 3.05) is 4.90 Å². The summed E-state index contributed by atoms with van der Waals surface area (Å²) in [4.78, 5) is 33.1. The fraction of sp³-hybridized carbons (Fsp3) is 0.320. The Labute approximate surface area is 182 Å². The SMILES string of the molecule is Cc1cccc(C)c1N(C(=O)c1ccco1)C(C(=O)NC1CCCC1)c1cccnc1. The number of hydrogen-bond donors (Lipinski definition) is 1. The maximum atomic E-state index is 13.7. The average molecular weight is 418 g/mol. The minimum Gasteiger partial charge on any atom is -0.459 e. The van der Waals surface area contributed by atoms with Crippen molar-refractivity contribution in [3.8, 4) is 0 Å². The normalized spacial score (nSPS) is 14.9. The number of pyridine rings is 1. The summed E-state index contributed by atoms with van der Waals surface area (Å²) in [7, 11) is 0. The molecule has 1 saturated carbocycles. The first-order chi connectivity index (χ1) is 15.1. The molecule has 1 unspecified atom stereocenters. The van der Waals surface area contributed by atoms with Crippen LogP contribution in [0.15, 0.2) is 65.5 Å². The van der Waals surface area contributed by atoms with Gasteiger partial charge in [-0.05, 0) is 56.0 Å². The molecule has 2 aromatic heterocycles. The van der Waals surface area contributed by atoms with Gasteiger partial charge in [-0.2, -0.15) is 0 Å². The lowest BCUT2D eigenvalue weighted by atomic mass is 10.00. The maximum Gasteiger partial charge on any atom is 0.294 e. The van der Waals surface area contributed by atoms with E-state index >= 15 is 0 Å². The Morgan fingerprint density at radius 2 is 1.81 bits per heavy atom. The van der Waals surface area contributed by atoms with Crippen LogP contribution in [0.4, 0.5) is 5.69 Å². The van der Waals surface area contributed by atoms with E-state index < -0.39 is 6.04 Å². The van der Waals surface area contributed by atoms with E-state index in [-0.39, 0.29) is 23.6 Å². The standard InChI is InChI=1S/C25H27N3O3/c1-17-8-5-9-18(2)22(17)28(25(30)21-13-7-15-31-21)23(19-10-6-14-26-16-19)24(29)27-20-11-3-4-12-20/h5-10,13-16,20,23H,3-4,11-12H2,1-2H3,(H,27,29). The van der Waals surface area contributed by atoms with Crippen LogP contribution in [-0.2, 0) is 4.79 Å². The minimum absolute atomic E-state index is 0.130. The molecule has 4 rings (SSSR count). The summed E-state index contributed by atoms with van der Waals surface area (Å²) in [5.74, 6) is -0.384. The third kappa shape index (κ3) is 4.38. The molecular formula is C25H27N3O3. The average Bonchev–Trinajstić information content (AvgIpc) is 3.47. The van der Waals surface area contributed by atoms with Gasteiger partial charge >= 0.3 is 0 Å². The predicted molar refractivity (Wildman–Crippen MR) is 119 cm³/mol. The fourth-order valence-corrected chi connectivity index (χ4v) is 4.36. The van der Waals surface area contributed by atoms with E-state index in [1.165, 1.54) is 6.26 Å². The number of aryl methyl sites for hydroxylation is 2. The molecule has 6 heteroatoms. The molecule has 0 saturated heterocycles. The van der Waals surface area contributed by atoms with Crippen LogP contribution in [0.1, 0.15) is 59.0 Å². The lowest BCUT2D eigenvalue weighted by molar-refractivity contribution is -0.123. The van der Waals surface area contributed by atoms with Crippen molar-refractivity contribution in [2.45, 2.75) is 51.6 Å². The van der Waals surface area contributed by atoms with E-state index in [4.69, 9.17) is 4.42 Å². The first kappa shape index (κ1) is 20.8. The molecular weight excluding hydrogens is 390 g/mol. The molecule has 0 bridgehead atoms. The molecule has 1 atom stereocenters. The zero-order valence-electron chi connectivity index (χ0n) is 17.9. The van der Waals surface area contributed by atoms with Crippen LogP contribution in [0.25, 0.3) is 0 Å². The summed E-state index contributed by atoms with van der Waals surface area (Å²) in [6.07, 6.45) is 8.90. The number of nitrogens with one attached hydrogen (secondary N) is 1. The topological polar surface area (TPSA) is 75.4 Å². The van der Waals surface area contributed by atoms with Gasteiger partial charge in [-0.15, -0.1) is 0 Å². The Morgan fingerprint density at radius 1 is 1.06 bits per heavy atom. The van der Waals surface area contributed by atoms with Gasteiger partial charge in [0.2, 0.25) is 5.91 Å². The van der Waals surface area contributed by atoms with Gasteiger partial charge in [-0.25, -0.2) is 0 Å². The molecule has 1 aliphatic carbocycles. The van der Waals surface area contributed by atoms with Crippen LogP contribution in [0, 0.1) is 13.8 Å². The highest BCUT2D eigenvalue weighted by Gasteiger charge is 2.37. The molecule has 2 amide bonds. The zero-order valence-corrected chi connectivity index (χ0v) is 17.9. The van der Waals surface area contributed by atoms with Crippen LogP contribution in [0.3, 0.4) is 0 Å². The molecule has 0 aliphatic heterocycles. The van der Waals surface area contributed by atoms with Crippen LogP contribution in [0.2, 0.25) is 0 Å². The predicted octanol–water partition coefficient (Wildman–Crippen LogP) is 4.74. The summed E-state index contributed by atoms with van der Waals surface area (Å²) in [6.45, 7) is 3.89. The first-order valence-corrected chi connectivity index (χ1v) is 10.7. The van der Waals surface area contributed by atoms with Crippen molar-refractivity contribution in [3.63, 3.8) is 0 Å². The van der Waals surface area contributed by atoms with Crippen molar-refractivity contribution < 1.29 is 14.0 Å². The summed E-state index contributed by atoms with van der Waals surface area (Å²) >= 11 is 0. The van der Waals surface area contributed by atoms with Gasteiger partial charge in [0.15, 0.2) is 5.76 Å². The molecule has 6 nitrogen and oxygen atoms in total. The number of rotatable bonds is 6. The van der Waals surface area contributed by atoms with E-state index in [2.05, 4.69) is 10.3 Å². The Bertz CT molecular complexity index is 1020. The summed E-state index contributed by atoms with van der Waals surface area (Å²) in [5, 5.41) is 3.18. The van der Waals surface area contributed by atoms with Crippen LogP contribution in [0.5, 0.6) is 0 Å². The summed E-state index contributed by atoms with van der Waals surface area (Å²) < 4.78 is 5.44. The highest BCUT2D eigenvalue weighted by molar-refractivity contribution is 6.09. The Kier molecular flexibility index (Phi) is 6.16. The molecule has 1 aliphatic rings. The quantitative estimate of drug-likeness (QED) is 0.629. The second-order valence-electron chi connectivity index (χ2n) is 8.07. The molecule has 31 heavy (non-hydrogen) atoms. The Morgan fingerprint density at radius 3 is 2.42 bits per heavy atom. The van der Waals surface area contributed by atoms with Crippen LogP contribution < -0.4 is 10.2 Å². The zero-order chi connectivity index (χ0) is 21.8. The molecule has 1 aromatic carbocycles. The Hall–Kier alpha value is -3.41. The number of anilines is 1. The minimum atomic E-state index is -0.869. The smallest absolute Gasteiger partial charge is 0.294 e. The number of carbonyl (C=O) groups excluding carboxylic acids is 2. The number of aromatic nitrogens is 1. The second kappa shape index (κ2) is 9.16. The van der Waals surface area contributed by atoms with Gasteiger partial charge < -0.3 is 9.73 Å².